The zero-order valence-corrected chi connectivity index (χ0v) is 7.22. The van der Waals surface area contributed by atoms with E-state index in [0.717, 1.165) is 13.0 Å². The van der Waals surface area contributed by atoms with E-state index in [9.17, 15) is 4.79 Å². The highest BCUT2D eigenvalue weighted by Gasteiger charge is 2.08. The molecule has 0 radical (unpaired) electrons. The highest BCUT2D eigenvalue weighted by molar-refractivity contribution is 5.88. The Balaban J connectivity index is 2.35. The fraction of sp³-hybridized carbons (Fsp3) is 0.667. The third kappa shape index (κ3) is 2.93. The predicted molar refractivity (Wildman–Crippen MR) is 45.4 cm³/mol. The first-order valence-corrected chi connectivity index (χ1v) is 4.16. The molecule has 0 aromatic rings. The normalized spacial score (nSPS) is 22.2. The average molecular weight is 167 g/mol. The van der Waals surface area contributed by atoms with Gasteiger partial charge in [0.1, 0.15) is 0 Å². The number of hydrogen-bond acceptors (Lipinski definition) is 3. The molecule has 3 nitrogen and oxygen atoms in total. The van der Waals surface area contributed by atoms with Gasteiger partial charge in [0.2, 0.25) is 0 Å². The van der Waals surface area contributed by atoms with E-state index < -0.39 is 5.97 Å². The van der Waals surface area contributed by atoms with Crippen LogP contribution in [0.1, 0.15) is 19.3 Å². The first-order chi connectivity index (χ1) is 5.83. The third-order valence-electron chi connectivity index (χ3n) is 1.84. The second-order valence-corrected chi connectivity index (χ2v) is 2.76. The number of esters is 1. The zero-order valence-electron chi connectivity index (χ0n) is 7.22. The van der Waals surface area contributed by atoms with Crippen LogP contribution in [-0.4, -0.2) is 25.7 Å². The van der Waals surface area contributed by atoms with Gasteiger partial charge in [-0.25, -0.2) is 4.79 Å². The van der Waals surface area contributed by atoms with Crippen molar-refractivity contribution < 1.29 is 9.53 Å². The molecule has 1 rings (SSSR count). The van der Waals surface area contributed by atoms with E-state index in [2.05, 4.69) is 21.9 Å². The van der Waals surface area contributed by atoms with Gasteiger partial charge in [-0.2, -0.15) is 0 Å². The summed E-state index contributed by atoms with van der Waals surface area (Å²) in [4.78, 5) is 10.6. The first kappa shape index (κ1) is 9.08. The van der Waals surface area contributed by atoms with Crippen LogP contribution in [-0.2, 0) is 9.53 Å². The topological polar surface area (TPSA) is 38.3 Å². The Morgan fingerprint density at radius 3 is 3.00 bits per heavy atom. The smallest absolute Gasteiger partial charge is 0.384 e. The van der Waals surface area contributed by atoms with Crippen LogP contribution in [0.3, 0.4) is 0 Å². The molecule has 3 heteroatoms. The van der Waals surface area contributed by atoms with Gasteiger partial charge in [0, 0.05) is 5.92 Å². The maximum absolute atomic E-state index is 10.6. The molecular formula is C9H13NO2. The number of ether oxygens (including phenoxy) is 1. The first-order valence-electron chi connectivity index (χ1n) is 4.16. The van der Waals surface area contributed by atoms with Crippen LogP contribution in [0.4, 0.5) is 0 Å². The molecule has 1 fully saturated rings. The summed E-state index contributed by atoms with van der Waals surface area (Å²) >= 11 is 0. The molecule has 0 aromatic heterocycles. The molecule has 1 heterocycles. The summed E-state index contributed by atoms with van der Waals surface area (Å²) in [5.74, 6) is 4.81. The van der Waals surface area contributed by atoms with Crippen LogP contribution in [0.5, 0.6) is 0 Å². The highest BCUT2D eigenvalue weighted by atomic mass is 16.5. The zero-order chi connectivity index (χ0) is 8.81. The summed E-state index contributed by atoms with van der Waals surface area (Å²) in [6, 6.07) is 0.179. The van der Waals surface area contributed by atoms with Crippen molar-refractivity contribution in [2.24, 2.45) is 0 Å². The average Bonchev–Trinajstić information content (AvgIpc) is 2.16. The molecule has 0 aliphatic carbocycles. The van der Waals surface area contributed by atoms with Gasteiger partial charge < -0.3 is 10.1 Å². The second-order valence-electron chi connectivity index (χ2n) is 2.76. The number of piperidine rings is 1. The van der Waals surface area contributed by atoms with Crippen molar-refractivity contribution in [1.82, 2.24) is 5.32 Å². The predicted octanol–water partition coefficient (Wildman–Crippen LogP) is 0.305. The number of hydrogen-bond donors (Lipinski definition) is 1. The molecule has 66 valence electrons. The van der Waals surface area contributed by atoms with Crippen molar-refractivity contribution >= 4 is 5.97 Å². The summed E-state index contributed by atoms with van der Waals surface area (Å²) in [5, 5.41) is 3.22. The molecule has 1 atom stereocenters. The number of methoxy groups -OCH3 is 1. The Morgan fingerprint density at radius 2 is 2.42 bits per heavy atom. The van der Waals surface area contributed by atoms with Crippen LogP contribution in [0.15, 0.2) is 0 Å². The van der Waals surface area contributed by atoms with Crippen molar-refractivity contribution in [3.63, 3.8) is 0 Å². The number of nitrogens with one attached hydrogen (secondary N) is 1. The van der Waals surface area contributed by atoms with Gasteiger partial charge >= 0.3 is 5.97 Å². The van der Waals surface area contributed by atoms with Gasteiger partial charge in [0.25, 0.3) is 0 Å². The van der Waals surface area contributed by atoms with Gasteiger partial charge in [-0.05, 0) is 25.8 Å². The Morgan fingerprint density at radius 1 is 1.58 bits per heavy atom. The standard InChI is InChI=1S/C9H13NO2/c1-12-9(11)6-5-8-4-2-3-7-10-8/h8,10H,2-4,7H2,1H3. The van der Waals surface area contributed by atoms with Gasteiger partial charge in [-0.3, -0.25) is 0 Å². The van der Waals surface area contributed by atoms with Crippen molar-refractivity contribution in [3.05, 3.63) is 0 Å². The molecular weight excluding hydrogens is 154 g/mol. The molecule has 1 aliphatic heterocycles. The quantitative estimate of drug-likeness (QED) is 0.320. The van der Waals surface area contributed by atoms with Crippen LogP contribution in [0, 0.1) is 11.8 Å². The van der Waals surface area contributed by atoms with E-state index >= 15 is 0 Å². The maximum atomic E-state index is 10.6. The van der Waals surface area contributed by atoms with Gasteiger partial charge in [-0.1, -0.05) is 5.92 Å². The molecule has 0 spiro atoms. The fourth-order valence-electron chi connectivity index (χ4n) is 1.17. The fourth-order valence-corrected chi connectivity index (χ4v) is 1.17. The summed E-state index contributed by atoms with van der Waals surface area (Å²) < 4.78 is 4.40. The minimum Gasteiger partial charge on any atom is -0.459 e. The Bertz CT molecular complexity index is 208. The number of carbonyl (C=O) groups is 1. The van der Waals surface area contributed by atoms with Gasteiger partial charge in [0.05, 0.1) is 13.2 Å². The SMILES string of the molecule is COC(=O)C#CC1CCCCN1. The minimum atomic E-state index is -0.456. The van der Waals surface area contributed by atoms with Crippen LogP contribution in [0.25, 0.3) is 0 Å². The minimum absolute atomic E-state index is 0.179. The van der Waals surface area contributed by atoms with Crippen molar-refractivity contribution in [2.75, 3.05) is 13.7 Å². The van der Waals surface area contributed by atoms with E-state index in [0.29, 0.717) is 0 Å². The number of carbonyl (C=O) groups excluding carboxylic acids is 1. The summed E-state index contributed by atoms with van der Waals surface area (Å²) in [6.45, 7) is 1.00. The maximum Gasteiger partial charge on any atom is 0.384 e. The lowest BCUT2D eigenvalue weighted by Crippen LogP contribution is -2.32. The molecule has 0 aromatic carbocycles. The number of rotatable bonds is 0. The summed E-state index contributed by atoms with van der Waals surface area (Å²) in [7, 11) is 1.34. The molecule has 0 amide bonds. The summed E-state index contributed by atoms with van der Waals surface area (Å²) in [5.41, 5.74) is 0. The lowest BCUT2D eigenvalue weighted by molar-refractivity contribution is -0.133. The Hall–Kier alpha value is -1.01. The lowest BCUT2D eigenvalue weighted by Gasteiger charge is -2.17. The van der Waals surface area contributed by atoms with Crippen molar-refractivity contribution in [1.29, 1.82) is 0 Å². The molecule has 1 unspecified atom stereocenters. The second kappa shape index (κ2) is 4.78. The van der Waals surface area contributed by atoms with Gasteiger partial charge in [0.15, 0.2) is 0 Å². The molecule has 1 N–H and O–H groups in total. The third-order valence-corrected chi connectivity index (χ3v) is 1.84. The summed E-state index contributed by atoms with van der Waals surface area (Å²) in [6.07, 6.45) is 3.42. The molecule has 0 saturated carbocycles. The van der Waals surface area contributed by atoms with E-state index in [1.165, 1.54) is 20.0 Å². The monoisotopic (exact) mass is 167 g/mol. The van der Waals surface area contributed by atoms with E-state index in [1.807, 2.05) is 0 Å². The van der Waals surface area contributed by atoms with Gasteiger partial charge in [-0.15, -0.1) is 0 Å². The van der Waals surface area contributed by atoms with Crippen molar-refractivity contribution in [2.45, 2.75) is 25.3 Å². The van der Waals surface area contributed by atoms with E-state index in [-0.39, 0.29) is 6.04 Å². The molecule has 1 aliphatic rings. The largest absolute Gasteiger partial charge is 0.459 e. The molecule has 12 heavy (non-hydrogen) atoms. The highest BCUT2D eigenvalue weighted by Crippen LogP contribution is 2.05. The van der Waals surface area contributed by atoms with Crippen LogP contribution < -0.4 is 5.32 Å². The van der Waals surface area contributed by atoms with Crippen molar-refractivity contribution in [3.8, 4) is 11.8 Å². The van der Waals surface area contributed by atoms with E-state index in [1.54, 1.807) is 0 Å². The van der Waals surface area contributed by atoms with Crippen LogP contribution >= 0.6 is 0 Å². The van der Waals surface area contributed by atoms with E-state index in [4.69, 9.17) is 0 Å². The van der Waals surface area contributed by atoms with Crippen LogP contribution in [0.2, 0.25) is 0 Å². The Labute approximate surface area is 72.5 Å². The molecule has 0 bridgehead atoms. The molecule has 1 saturated heterocycles. The Kier molecular flexibility index (Phi) is 3.62. The lowest BCUT2D eigenvalue weighted by atomic mass is 10.1.